The number of ether oxygens (including phenoxy) is 1. The van der Waals surface area contributed by atoms with E-state index in [1.165, 1.54) is 0 Å². The number of aliphatic carboxylic acids is 1. The van der Waals surface area contributed by atoms with Gasteiger partial charge >= 0.3 is 5.97 Å². The fraction of sp³-hybridized carbons (Fsp3) is 0.269. The maximum Gasteiger partial charge on any atom is 0.306 e. The molecule has 0 aromatic heterocycles. The van der Waals surface area contributed by atoms with Crippen molar-refractivity contribution in [1.82, 2.24) is 0 Å². The minimum Gasteiger partial charge on any atom is -0.489 e. The molecule has 0 aliphatic carbocycles. The van der Waals surface area contributed by atoms with Crippen LogP contribution in [-0.4, -0.2) is 11.1 Å². The first-order valence-corrected chi connectivity index (χ1v) is 11.3. The Morgan fingerprint density at radius 2 is 1.77 bits per heavy atom. The quantitative estimate of drug-likeness (QED) is 0.320. The highest BCUT2D eigenvalue weighted by Crippen LogP contribution is 2.25. The highest BCUT2D eigenvalue weighted by atomic mass is 79.9. The van der Waals surface area contributed by atoms with E-state index in [2.05, 4.69) is 51.6 Å². The summed E-state index contributed by atoms with van der Waals surface area (Å²) in [5.41, 5.74) is 4.37. The summed E-state index contributed by atoms with van der Waals surface area (Å²) in [6, 6.07) is 24.4. The number of aryl methyl sites for hydroxylation is 1. The summed E-state index contributed by atoms with van der Waals surface area (Å²) in [7, 11) is 0. The molecule has 3 aromatic carbocycles. The number of rotatable bonds is 11. The number of benzene rings is 3. The van der Waals surface area contributed by atoms with Gasteiger partial charge in [-0.05, 0) is 60.7 Å². The molecule has 4 nitrogen and oxygen atoms in total. The molecule has 0 bridgehead atoms. The number of carboxylic acid groups (broad SMARTS) is 1. The molecule has 0 heterocycles. The maximum absolute atomic E-state index is 11.2. The molecular weight excluding hydrogens is 454 g/mol. The van der Waals surface area contributed by atoms with E-state index >= 15 is 0 Å². The van der Waals surface area contributed by atoms with Crippen molar-refractivity contribution in [2.24, 2.45) is 5.92 Å². The average Bonchev–Trinajstić information content (AvgIpc) is 2.78. The van der Waals surface area contributed by atoms with Crippen LogP contribution in [0.4, 0.5) is 5.69 Å². The zero-order valence-electron chi connectivity index (χ0n) is 17.7. The van der Waals surface area contributed by atoms with Gasteiger partial charge in [0.05, 0.1) is 5.92 Å². The number of nitrogens with one attached hydrogen (secondary N) is 1. The Balaban J connectivity index is 1.58. The molecule has 0 saturated heterocycles. The Bertz CT molecular complexity index is 974. The van der Waals surface area contributed by atoms with Crippen LogP contribution in [0.3, 0.4) is 0 Å². The van der Waals surface area contributed by atoms with Crippen LogP contribution >= 0.6 is 15.9 Å². The lowest BCUT2D eigenvalue weighted by Gasteiger charge is -2.14. The Morgan fingerprint density at radius 3 is 2.45 bits per heavy atom. The normalized spacial score (nSPS) is 11.7. The van der Waals surface area contributed by atoms with Crippen LogP contribution in [0.5, 0.6) is 5.75 Å². The van der Waals surface area contributed by atoms with E-state index in [-0.39, 0.29) is 5.92 Å². The largest absolute Gasteiger partial charge is 0.489 e. The first-order valence-electron chi connectivity index (χ1n) is 10.6. The van der Waals surface area contributed by atoms with Gasteiger partial charge in [0.15, 0.2) is 0 Å². The summed E-state index contributed by atoms with van der Waals surface area (Å²) < 4.78 is 7.07. The topological polar surface area (TPSA) is 58.6 Å². The van der Waals surface area contributed by atoms with E-state index in [0.717, 1.165) is 39.0 Å². The average molecular weight is 482 g/mol. The van der Waals surface area contributed by atoms with E-state index in [9.17, 15) is 9.90 Å². The van der Waals surface area contributed by atoms with Gasteiger partial charge in [0, 0.05) is 22.3 Å². The number of halogens is 1. The van der Waals surface area contributed by atoms with Gasteiger partial charge in [-0.3, -0.25) is 4.79 Å². The Kier molecular flexibility index (Phi) is 8.53. The molecule has 1 atom stereocenters. The lowest BCUT2D eigenvalue weighted by atomic mass is 9.97. The van der Waals surface area contributed by atoms with E-state index in [1.807, 2.05) is 49.4 Å². The first-order chi connectivity index (χ1) is 15.0. The summed E-state index contributed by atoms with van der Waals surface area (Å²) in [5.74, 6) is -0.126. The molecule has 3 rings (SSSR count). The summed E-state index contributed by atoms with van der Waals surface area (Å²) in [5, 5.41) is 12.6. The third kappa shape index (κ3) is 7.14. The van der Waals surface area contributed by atoms with Crippen molar-refractivity contribution >= 4 is 27.6 Å². The molecule has 0 spiro atoms. The molecule has 0 fully saturated rings. The lowest BCUT2D eigenvalue weighted by Crippen LogP contribution is -2.13. The van der Waals surface area contributed by atoms with Crippen LogP contribution in [0.1, 0.15) is 36.5 Å². The second-order valence-electron chi connectivity index (χ2n) is 7.56. The Labute approximate surface area is 192 Å². The molecule has 5 heteroatoms. The number of hydrogen-bond acceptors (Lipinski definition) is 3. The molecule has 31 heavy (non-hydrogen) atoms. The summed E-state index contributed by atoms with van der Waals surface area (Å²) in [6.45, 7) is 3.09. The van der Waals surface area contributed by atoms with Gasteiger partial charge in [0.2, 0.25) is 0 Å². The molecule has 3 aromatic rings. The molecule has 0 saturated carbocycles. The summed E-state index contributed by atoms with van der Waals surface area (Å²) in [4.78, 5) is 11.2. The van der Waals surface area contributed by atoms with Crippen molar-refractivity contribution < 1.29 is 14.6 Å². The molecule has 0 aliphatic rings. The van der Waals surface area contributed by atoms with Crippen LogP contribution < -0.4 is 10.1 Å². The van der Waals surface area contributed by atoms with Gasteiger partial charge in [-0.25, -0.2) is 0 Å². The molecule has 0 radical (unpaired) electrons. The van der Waals surface area contributed by atoms with Crippen molar-refractivity contribution in [3.63, 3.8) is 0 Å². The zero-order chi connectivity index (χ0) is 22.1. The van der Waals surface area contributed by atoms with E-state index in [4.69, 9.17) is 4.74 Å². The van der Waals surface area contributed by atoms with E-state index in [0.29, 0.717) is 26.0 Å². The molecule has 1 unspecified atom stereocenters. The minimum absolute atomic E-state index is 0.274. The van der Waals surface area contributed by atoms with Gasteiger partial charge in [-0.2, -0.15) is 0 Å². The van der Waals surface area contributed by atoms with Crippen LogP contribution in [0, 0.1) is 5.92 Å². The highest BCUT2D eigenvalue weighted by molar-refractivity contribution is 9.10. The predicted octanol–water partition coefficient (Wildman–Crippen LogP) is 6.68. The molecule has 0 aliphatic heterocycles. The third-order valence-corrected chi connectivity index (χ3v) is 5.81. The van der Waals surface area contributed by atoms with Gasteiger partial charge in [0.25, 0.3) is 0 Å². The highest BCUT2D eigenvalue weighted by Gasteiger charge is 2.14. The second kappa shape index (κ2) is 11.6. The predicted molar refractivity (Wildman–Crippen MR) is 128 cm³/mol. The Morgan fingerprint density at radius 1 is 1.03 bits per heavy atom. The van der Waals surface area contributed by atoms with Crippen LogP contribution in [0.2, 0.25) is 0 Å². The molecule has 162 valence electrons. The van der Waals surface area contributed by atoms with Crippen LogP contribution in [-0.2, 0) is 24.4 Å². The van der Waals surface area contributed by atoms with E-state index < -0.39 is 5.97 Å². The maximum atomic E-state index is 11.2. The van der Waals surface area contributed by atoms with Crippen molar-refractivity contribution in [2.45, 2.75) is 39.3 Å². The van der Waals surface area contributed by atoms with Crippen LogP contribution in [0.15, 0.2) is 77.3 Å². The summed E-state index contributed by atoms with van der Waals surface area (Å²) in [6.07, 6.45) is 2.10. The van der Waals surface area contributed by atoms with E-state index in [1.54, 1.807) is 0 Å². The summed E-state index contributed by atoms with van der Waals surface area (Å²) >= 11 is 3.55. The minimum atomic E-state index is -0.708. The van der Waals surface area contributed by atoms with Crippen molar-refractivity contribution in [1.29, 1.82) is 0 Å². The lowest BCUT2D eigenvalue weighted by molar-refractivity contribution is -0.142. The SMILES string of the molecule is CCC(CCc1ccc(NCc2cc(Br)ccc2OCc2ccccc2)cc1)C(=O)O. The fourth-order valence-corrected chi connectivity index (χ4v) is 3.80. The number of carbonyl (C=O) groups is 1. The van der Waals surface area contributed by atoms with Crippen molar-refractivity contribution in [2.75, 3.05) is 5.32 Å². The van der Waals surface area contributed by atoms with Gasteiger partial charge in [-0.1, -0.05) is 65.3 Å². The molecular formula is C26H28BrNO3. The van der Waals surface area contributed by atoms with Crippen molar-refractivity contribution in [3.8, 4) is 5.75 Å². The van der Waals surface area contributed by atoms with Gasteiger partial charge < -0.3 is 15.2 Å². The number of carboxylic acids is 1. The van der Waals surface area contributed by atoms with Gasteiger partial charge in [-0.15, -0.1) is 0 Å². The monoisotopic (exact) mass is 481 g/mol. The van der Waals surface area contributed by atoms with Gasteiger partial charge in [0.1, 0.15) is 12.4 Å². The fourth-order valence-electron chi connectivity index (χ4n) is 3.39. The standard InChI is InChI=1S/C26H28BrNO3/c1-2-21(26(29)30)11-8-19-9-13-24(14-10-19)28-17-22-16-23(27)12-15-25(22)31-18-20-6-4-3-5-7-20/h3-7,9-10,12-16,21,28H,2,8,11,17-18H2,1H3,(H,29,30). The second-order valence-corrected chi connectivity index (χ2v) is 8.47. The Hall–Kier alpha value is -2.79. The third-order valence-electron chi connectivity index (χ3n) is 5.32. The smallest absolute Gasteiger partial charge is 0.306 e. The zero-order valence-corrected chi connectivity index (χ0v) is 19.3. The number of anilines is 1. The van der Waals surface area contributed by atoms with Crippen LogP contribution in [0.25, 0.3) is 0 Å². The molecule has 2 N–H and O–H groups in total. The number of hydrogen-bond donors (Lipinski definition) is 2. The first kappa shape index (κ1) is 22.9. The van der Waals surface area contributed by atoms with Crippen molar-refractivity contribution in [3.05, 3.63) is 94.0 Å². The molecule has 0 amide bonds.